The van der Waals surface area contributed by atoms with Crippen molar-refractivity contribution >= 4 is 0 Å². The van der Waals surface area contributed by atoms with E-state index >= 15 is 0 Å². The molecule has 0 rings (SSSR count). The van der Waals surface area contributed by atoms with Gasteiger partial charge in [0.15, 0.2) is 0 Å². The van der Waals surface area contributed by atoms with Crippen LogP contribution in [0.25, 0.3) is 0 Å². The number of unbranched alkanes of at least 4 members (excludes halogenated alkanes) is 5. The predicted molar refractivity (Wildman–Crippen MR) is 55.9 cm³/mol. The number of hydrogen-bond donors (Lipinski definition) is 1. The Morgan fingerprint density at radius 2 is 1.69 bits per heavy atom. The maximum Gasteiger partial charge on any atom is 0.0777 e. The molecule has 0 aromatic heterocycles. The van der Waals surface area contributed by atoms with Crippen molar-refractivity contribution < 1.29 is 9.84 Å². The van der Waals surface area contributed by atoms with E-state index in [1.807, 2.05) is 6.92 Å². The fourth-order valence-electron chi connectivity index (χ4n) is 1.22. The number of ether oxygens (including phenoxy) is 1. The summed E-state index contributed by atoms with van der Waals surface area (Å²) in [7, 11) is 0. The van der Waals surface area contributed by atoms with Crippen LogP contribution in [0.2, 0.25) is 0 Å². The number of rotatable bonds is 9. The molecule has 1 unspecified atom stereocenters. The Morgan fingerprint density at radius 1 is 1.08 bits per heavy atom. The van der Waals surface area contributed by atoms with Crippen LogP contribution >= 0.6 is 0 Å². The van der Waals surface area contributed by atoms with Gasteiger partial charge in [0.1, 0.15) is 0 Å². The van der Waals surface area contributed by atoms with Crippen molar-refractivity contribution in [3.05, 3.63) is 0 Å². The van der Waals surface area contributed by atoms with Crippen LogP contribution in [0.15, 0.2) is 0 Å². The maximum absolute atomic E-state index is 8.68. The van der Waals surface area contributed by atoms with Crippen LogP contribution in [0.4, 0.5) is 0 Å². The van der Waals surface area contributed by atoms with Gasteiger partial charge in [0.25, 0.3) is 0 Å². The Hall–Kier alpha value is -0.0800. The molecule has 0 saturated carbocycles. The van der Waals surface area contributed by atoms with E-state index in [1.54, 1.807) is 0 Å². The molecule has 13 heavy (non-hydrogen) atoms. The quantitative estimate of drug-likeness (QED) is 0.564. The molecule has 0 aliphatic heterocycles. The van der Waals surface area contributed by atoms with Crippen LogP contribution in [-0.4, -0.2) is 24.4 Å². The second-order valence-corrected chi connectivity index (χ2v) is 3.63. The SMILES string of the molecule is CCCCCCCCOC(C)CO. The van der Waals surface area contributed by atoms with Crippen molar-refractivity contribution in [2.45, 2.75) is 58.5 Å². The van der Waals surface area contributed by atoms with Gasteiger partial charge in [0.05, 0.1) is 12.7 Å². The van der Waals surface area contributed by atoms with Crippen molar-refractivity contribution in [3.63, 3.8) is 0 Å². The molecule has 2 heteroatoms. The Kier molecular flexibility index (Phi) is 9.94. The number of aliphatic hydroxyl groups excluding tert-OH is 1. The molecule has 0 fully saturated rings. The standard InChI is InChI=1S/C11H24O2/c1-3-4-5-6-7-8-9-13-11(2)10-12/h11-12H,3-10H2,1-2H3. The van der Waals surface area contributed by atoms with Crippen molar-refractivity contribution in [2.75, 3.05) is 13.2 Å². The second kappa shape index (κ2) is 10.0. The molecule has 0 radical (unpaired) electrons. The van der Waals surface area contributed by atoms with Gasteiger partial charge in [-0.1, -0.05) is 39.0 Å². The summed E-state index contributed by atoms with van der Waals surface area (Å²) in [6, 6.07) is 0. The first kappa shape index (κ1) is 12.9. The minimum absolute atomic E-state index is 0.00985. The highest BCUT2D eigenvalue weighted by Gasteiger charge is 1.97. The monoisotopic (exact) mass is 188 g/mol. The lowest BCUT2D eigenvalue weighted by atomic mass is 10.1. The molecule has 0 aromatic carbocycles. The highest BCUT2D eigenvalue weighted by molar-refractivity contribution is 4.47. The van der Waals surface area contributed by atoms with Crippen molar-refractivity contribution in [1.82, 2.24) is 0 Å². The third-order valence-electron chi connectivity index (χ3n) is 2.16. The van der Waals surface area contributed by atoms with E-state index in [0.717, 1.165) is 13.0 Å². The van der Waals surface area contributed by atoms with Crippen molar-refractivity contribution in [1.29, 1.82) is 0 Å². The van der Waals surface area contributed by atoms with Crippen molar-refractivity contribution in [2.24, 2.45) is 0 Å². The molecular formula is C11H24O2. The van der Waals surface area contributed by atoms with Gasteiger partial charge in [-0.05, 0) is 13.3 Å². The molecule has 0 spiro atoms. The Morgan fingerprint density at radius 3 is 2.31 bits per heavy atom. The molecule has 1 N–H and O–H groups in total. The molecule has 0 aliphatic rings. The minimum Gasteiger partial charge on any atom is -0.394 e. The molecule has 80 valence electrons. The minimum atomic E-state index is 0.00985. The van der Waals surface area contributed by atoms with E-state index < -0.39 is 0 Å². The fourth-order valence-corrected chi connectivity index (χ4v) is 1.22. The average Bonchev–Trinajstić information content (AvgIpc) is 2.16. The average molecular weight is 188 g/mol. The van der Waals surface area contributed by atoms with Gasteiger partial charge in [0.2, 0.25) is 0 Å². The normalized spacial score (nSPS) is 13.2. The third-order valence-corrected chi connectivity index (χ3v) is 2.16. The maximum atomic E-state index is 8.68. The van der Waals surface area contributed by atoms with Gasteiger partial charge < -0.3 is 9.84 Å². The summed E-state index contributed by atoms with van der Waals surface area (Å²) in [6.07, 6.45) is 7.74. The van der Waals surface area contributed by atoms with Crippen LogP contribution in [0, 0.1) is 0 Å². The first-order chi connectivity index (χ1) is 6.31. The van der Waals surface area contributed by atoms with Crippen LogP contribution in [-0.2, 0) is 4.74 Å². The highest BCUT2D eigenvalue weighted by atomic mass is 16.5. The third kappa shape index (κ3) is 9.84. The van der Waals surface area contributed by atoms with E-state index in [2.05, 4.69) is 6.92 Å². The smallest absolute Gasteiger partial charge is 0.0777 e. The van der Waals surface area contributed by atoms with Gasteiger partial charge in [-0.15, -0.1) is 0 Å². The zero-order chi connectivity index (χ0) is 9.94. The van der Waals surface area contributed by atoms with Gasteiger partial charge >= 0.3 is 0 Å². The predicted octanol–water partition coefficient (Wildman–Crippen LogP) is 2.74. The highest BCUT2D eigenvalue weighted by Crippen LogP contribution is 2.05. The van der Waals surface area contributed by atoms with E-state index in [-0.39, 0.29) is 12.7 Å². The largest absolute Gasteiger partial charge is 0.394 e. The number of hydrogen-bond acceptors (Lipinski definition) is 2. The Balaban J connectivity index is 2.91. The van der Waals surface area contributed by atoms with Gasteiger partial charge in [0, 0.05) is 6.61 Å². The van der Waals surface area contributed by atoms with Crippen molar-refractivity contribution in [3.8, 4) is 0 Å². The zero-order valence-electron chi connectivity index (χ0n) is 9.09. The molecule has 0 heterocycles. The van der Waals surface area contributed by atoms with E-state index in [4.69, 9.17) is 9.84 Å². The Labute approximate surface area is 82.3 Å². The van der Waals surface area contributed by atoms with E-state index in [9.17, 15) is 0 Å². The second-order valence-electron chi connectivity index (χ2n) is 3.63. The molecular weight excluding hydrogens is 164 g/mol. The molecule has 0 amide bonds. The lowest BCUT2D eigenvalue weighted by molar-refractivity contribution is 0.0231. The van der Waals surface area contributed by atoms with E-state index in [1.165, 1.54) is 32.1 Å². The summed E-state index contributed by atoms with van der Waals surface area (Å²) in [5, 5.41) is 8.68. The topological polar surface area (TPSA) is 29.5 Å². The Bertz CT molecular complexity index is 94.1. The van der Waals surface area contributed by atoms with Crippen LogP contribution < -0.4 is 0 Å². The van der Waals surface area contributed by atoms with Gasteiger partial charge in [-0.2, -0.15) is 0 Å². The van der Waals surface area contributed by atoms with Gasteiger partial charge in [-0.3, -0.25) is 0 Å². The van der Waals surface area contributed by atoms with Crippen LogP contribution in [0.5, 0.6) is 0 Å². The van der Waals surface area contributed by atoms with Crippen LogP contribution in [0.1, 0.15) is 52.4 Å². The van der Waals surface area contributed by atoms with Crippen LogP contribution in [0.3, 0.4) is 0 Å². The molecule has 0 bridgehead atoms. The molecule has 1 atom stereocenters. The first-order valence-corrected chi connectivity index (χ1v) is 5.53. The summed E-state index contributed by atoms with van der Waals surface area (Å²) in [4.78, 5) is 0. The molecule has 0 aromatic rings. The summed E-state index contributed by atoms with van der Waals surface area (Å²) < 4.78 is 5.35. The summed E-state index contributed by atoms with van der Waals surface area (Å²) in [5.74, 6) is 0. The zero-order valence-corrected chi connectivity index (χ0v) is 9.09. The number of aliphatic hydroxyl groups is 1. The molecule has 0 aliphatic carbocycles. The lowest BCUT2D eigenvalue weighted by Gasteiger charge is -2.09. The molecule has 2 nitrogen and oxygen atoms in total. The first-order valence-electron chi connectivity index (χ1n) is 5.53. The summed E-state index contributed by atoms with van der Waals surface area (Å²) in [5.41, 5.74) is 0. The van der Waals surface area contributed by atoms with Gasteiger partial charge in [-0.25, -0.2) is 0 Å². The lowest BCUT2D eigenvalue weighted by Crippen LogP contribution is -2.13. The summed E-state index contributed by atoms with van der Waals surface area (Å²) >= 11 is 0. The van der Waals surface area contributed by atoms with E-state index in [0.29, 0.717) is 0 Å². The fraction of sp³-hybridized carbons (Fsp3) is 1.00. The summed E-state index contributed by atoms with van der Waals surface area (Å²) in [6.45, 7) is 5.06. The molecule has 0 saturated heterocycles.